The van der Waals surface area contributed by atoms with Crippen LogP contribution in [0.3, 0.4) is 0 Å². The van der Waals surface area contributed by atoms with Crippen LogP contribution in [-0.4, -0.2) is 24.3 Å². The van der Waals surface area contributed by atoms with Gasteiger partial charge in [0.25, 0.3) is 0 Å². The first-order valence-electron chi connectivity index (χ1n) is 9.10. The third kappa shape index (κ3) is 4.68. The second kappa shape index (κ2) is 7.96. The van der Waals surface area contributed by atoms with Gasteiger partial charge in [-0.05, 0) is 43.6 Å². The smallest absolute Gasteiger partial charge is 0.349 e. The summed E-state index contributed by atoms with van der Waals surface area (Å²) in [6.07, 6.45) is 4.51. The van der Waals surface area contributed by atoms with Crippen molar-refractivity contribution in [3.05, 3.63) is 35.9 Å². The molecule has 3 nitrogen and oxygen atoms in total. The number of nitrogens with zero attached hydrogens (tertiary/aromatic N) is 1. The summed E-state index contributed by atoms with van der Waals surface area (Å²) in [6.45, 7) is 10.7. The molecule has 1 fully saturated rings. The topological polar surface area (TPSA) is 38.7 Å². The van der Waals surface area contributed by atoms with Gasteiger partial charge in [-0.3, -0.25) is 4.99 Å². The van der Waals surface area contributed by atoms with Crippen LogP contribution in [0.2, 0.25) is 0 Å². The van der Waals surface area contributed by atoms with Crippen molar-refractivity contribution >= 4 is 12.2 Å². The molecule has 3 atom stereocenters. The molecule has 0 radical (unpaired) electrons. The Morgan fingerprint density at radius 1 is 1.25 bits per heavy atom. The maximum Gasteiger partial charge on any atom is 0.349 e. The van der Waals surface area contributed by atoms with Gasteiger partial charge in [0.15, 0.2) is 0 Å². The van der Waals surface area contributed by atoms with Crippen molar-refractivity contribution in [1.29, 1.82) is 0 Å². The molecule has 3 heteroatoms. The Kier molecular flexibility index (Phi) is 6.20. The maximum absolute atomic E-state index is 12.2. The number of hydrogen-bond acceptors (Lipinski definition) is 3. The van der Waals surface area contributed by atoms with E-state index in [1.54, 1.807) is 0 Å². The number of rotatable bonds is 5. The lowest BCUT2D eigenvalue weighted by atomic mass is 9.64. The van der Waals surface area contributed by atoms with Crippen LogP contribution in [0, 0.1) is 11.8 Å². The molecule has 1 aromatic rings. The molecule has 0 bridgehead atoms. The van der Waals surface area contributed by atoms with Crippen LogP contribution in [0.25, 0.3) is 0 Å². The maximum atomic E-state index is 12.2. The average molecular weight is 329 g/mol. The summed E-state index contributed by atoms with van der Waals surface area (Å²) < 4.78 is 5.84. The lowest BCUT2D eigenvalue weighted by Gasteiger charge is -2.43. The van der Waals surface area contributed by atoms with E-state index in [1.165, 1.54) is 18.2 Å². The molecule has 0 N–H and O–H groups in total. The Labute approximate surface area is 146 Å². The zero-order chi connectivity index (χ0) is 17.7. The van der Waals surface area contributed by atoms with Gasteiger partial charge in [-0.15, -0.1) is 0 Å². The van der Waals surface area contributed by atoms with Gasteiger partial charge in [0.05, 0.1) is 0 Å². The highest BCUT2D eigenvalue weighted by molar-refractivity contribution is 6.23. The highest BCUT2D eigenvalue weighted by Crippen LogP contribution is 2.43. The van der Waals surface area contributed by atoms with Crippen molar-refractivity contribution in [1.82, 2.24) is 0 Å². The molecule has 0 saturated heterocycles. The SMILES string of the molecule is CC(C)N=CC(=O)O[C@@H]1C[C@H](C)CC[C@H]1C(C)(C)c1ccccc1. The van der Waals surface area contributed by atoms with Gasteiger partial charge < -0.3 is 4.74 Å². The number of ether oxygens (including phenoxy) is 1. The molecule has 0 aromatic heterocycles. The molecule has 1 aliphatic rings. The van der Waals surface area contributed by atoms with Crippen molar-refractivity contribution in [2.24, 2.45) is 16.8 Å². The van der Waals surface area contributed by atoms with E-state index >= 15 is 0 Å². The minimum atomic E-state index is -0.309. The van der Waals surface area contributed by atoms with Gasteiger partial charge in [-0.25, -0.2) is 4.79 Å². The van der Waals surface area contributed by atoms with Gasteiger partial charge in [0, 0.05) is 12.0 Å². The predicted octanol–water partition coefficient (Wildman–Crippen LogP) is 4.79. The van der Waals surface area contributed by atoms with Crippen molar-refractivity contribution < 1.29 is 9.53 Å². The molecule has 1 saturated carbocycles. The van der Waals surface area contributed by atoms with Crippen LogP contribution in [0.5, 0.6) is 0 Å². The molecular formula is C21H31NO2. The van der Waals surface area contributed by atoms with E-state index in [2.05, 4.69) is 50.0 Å². The Balaban J connectivity index is 2.18. The molecule has 1 aromatic carbocycles. The van der Waals surface area contributed by atoms with Gasteiger partial charge in [0.1, 0.15) is 12.3 Å². The van der Waals surface area contributed by atoms with E-state index in [0.717, 1.165) is 12.8 Å². The second-order valence-electron chi connectivity index (χ2n) is 7.96. The van der Waals surface area contributed by atoms with Gasteiger partial charge >= 0.3 is 5.97 Å². The van der Waals surface area contributed by atoms with Gasteiger partial charge in [-0.1, -0.05) is 57.5 Å². The Hall–Kier alpha value is -1.64. The molecule has 2 rings (SSSR count). The molecule has 0 aliphatic heterocycles. The van der Waals surface area contributed by atoms with Crippen LogP contribution < -0.4 is 0 Å². The van der Waals surface area contributed by atoms with Crippen LogP contribution in [-0.2, 0) is 14.9 Å². The fraction of sp³-hybridized carbons (Fsp3) is 0.619. The summed E-state index contributed by atoms with van der Waals surface area (Å²) in [5, 5.41) is 0. The fourth-order valence-corrected chi connectivity index (χ4v) is 3.76. The monoisotopic (exact) mass is 329 g/mol. The normalized spacial score (nSPS) is 25.2. The predicted molar refractivity (Wildman–Crippen MR) is 99.5 cm³/mol. The largest absolute Gasteiger partial charge is 0.458 e. The highest BCUT2D eigenvalue weighted by Gasteiger charge is 2.41. The van der Waals surface area contributed by atoms with Crippen molar-refractivity contribution in [3.63, 3.8) is 0 Å². The molecule has 0 unspecified atom stereocenters. The average Bonchev–Trinajstić information content (AvgIpc) is 2.53. The van der Waals surface area contributed by atoms with Crippen LogP contribution >= 0.6 is 0 Å². The van der Waals surface area contributed by atoms with Crippen LogP contribution in [0.1, 0.15) is 59.4 Å². The summed E-state index contributed by atoms with van der Waals surface area (Å²) in [4.78, 5) is 16.3. The number of carbonyl (C=O) groups is 1. The first-order valence-corrected chi connectivity index (χ1v) is 9.10. The van der Waals surface area contributed by atoms with Crippen molar-refractivity contribution in [3.8, 4) is 0 Å². The molecular weight excluding hydrogens is 298 g/mol. The molecule has 0 amide bonds. The first-order chi connectivity index (χ1) is 11.3. The standard InChI is InChI=1S/C21H31NO2/c1-15(2)22-14-20(23)24-19-13-16(3)11-12-18(19)21(4,5)17-9-7-6-8-10-17/h6-10,14-16,18-19H,11-13H2,1-5H3/t16-,18-,19-/m1/s1. The zero-order valence-corrected chi connectivity index (χ0v) is 15.7. The van der Waals surface area contributed by atoms with E-state index in [-0.39, 0.29) is 23.5 Å². The highest BCUT2D eigenvalue weighted by atomic mass is 16.5. The summed E-state index contributed by atoms with van der Waals surface area (Å²) >= 11 is 0. The number of esters is 1. The molecule has 24 heavy (non-hydrogen) atoms. The second-order valence-corrected chi connectivity index (χ2v) is 7.96. The van der Waals surface area contributed by atoms with Crippen molar-refractivity contribution in [2.75, 3.05) is 0 Å². The first kappa shape index (κ1) is 18.7. The molecule has 132 valence electrons. The number of carbonyl (C=O) groups excluding carboxylic acids is 1. The Morgan fingerprint density at radius 2 is 1.92 bits per heavy atom. The van der Waals surface area contributed by atoms with Gasteiger partial charge in [-0.2, -0.15) is 0 Å². The number of aliphatic imine (C=N–C) groups is 1. The van der Waals surface area contributed by atoms with Crippen LogP contribution in [0.15, 0.2) is 35.3 Å². The summed E-state index contributed by atoms with van der Waals surface area (Å²) in [6, 6.07) is 10.7. The minimum absolute atomic E-state index is 0.0263. The Bertz CT molecular complexity index is 562. The van der Waals surface area contributed by atoms with Crippen LogP contribution in [0.4, 0.5) is 0 Å². The third-order valence-corrected chi connectivity index (χ3v) is 5.24. The lowest BCUT2D eigenvalue weighted by molar-refractivity contribution is -0.147. The summed E-state index contributed by atoms with van der Waals surface area (Å²) in [5.41, 5.74) is 1.28. The zero-order valence-electron chi connectivity index (χ0n) is 15.7. The molecule has 0 spiro atoms. The number of benzene rings is 1. The third-order valence-electron chi connectivity index (χ3n) is 5.24. The quantitative estimate of drug-likeness (QED) is 0.575. The van der Waals surface area contributed by atoms with E-state index in [0.29, 0.717) is 11.8 Å². The van der Waals surface area contributed by atoms with E-state index in [4.69, 9.17) is 4.74 Å². The van der Waals surface area contributed by atoms with E-state index < -0.39 is 0 Å². The molecule has 0 heterocycles. The van der Waals surface area contributed by atoms with E-state index in [1.807, 2.05) is 19.9 Å². The number of hydrogen-bond donors (Lipinski definition) is 0. The minimum Gasteiger partial charge on any atom is -0.458 e. The Morgan fingerprint density at radius 3 is 2.54 bits per heavy atom. The summed E-state index contributed by atoms with van der Waals surface area (Å²) in [7, 11) is 0. The van der Waals surface area contributed by atoms with Gasteiger partial charge in [0.2, 0.25) is 0 Å². The molecule has 1 aliphatic carbocycles. The van der Waals surface area contributed by atoms with E-state index in [9.17, 15) is 4.79 Å². The summed E-state index contributed by atoms with van der Waals surface area (Å²) in [5.74, 6) is 0.608. The lowest BCUT2D eigenvalue weighted by Crippen LogP contribution is -2.43. The van der Waals surface area contributed by atoms with Crippen molar-refractivity contribution in [2.45, 2.75) is 71.4 Å². The fourth-order valence-electron chi connectivity index (χ4n) is 3.76.